The number of hydrogen-bond acceptors (Lipinski definition) is 8. The molecule has 0 spiro atoms. The Kier molecular flexibility index (Phi) is 4.91. The monoisotopic (exact) mass is 422 g/mol. The number of carbonyl (C=O) groups excluding carboxylic acids is 1. The van der Waals surface area contributed by atoms with E-state index in [9.17, 15) is 4.79 Å². The van der Waals surface area contributed by atoms with E-state index >= 15 is 0 Å². The van der Waals surface area contributed by atoms with Crippen molar-refractivity contribution in [1.29, 1.82) is 0 Å². The van der Waals surface area contributed by atoms with Gasteiger partial charge in [-0.2, -0.15) is 0 Å². The number of carbonyl (C=O) groups is 1. The Morgan fingerprint density at radius 2 is 1.93 bits per heavy atom. The van der Waals surface area contributed by atoms with E-state index in [1.165, 1.54) is 11.3 Å². The Labute approximate surface area is 175 Å². The Morgan fingerprint density at radius 3 is 2.76 bits per heavy atom. The van der Waals surface area contributed by atoms with Gasteiger partial charge < -0.3 is 9.80 Å². The number of rotatable bonds is 4. The van der Waals surface area contributed by atoms with E-state index in [0.717, 1.165) is 45.5 Å². The summed E-state index contributed by atoms with van der Waals surface area (Å²) >= 11 is 3.14. The van der Waals surface area contributed by atoms with Crippen LogP contribution in [-0.2, 0) is 11.2 Å². The first-order valence-electron chi connectivity index (χ1n) is 9.34. The summed E-state index contributed by atoms with van der Waals surface area (Å²) in [5, 5.41) is 5.92. The summed E-state index contributed by atoms with van der Waals surface area (Å²) < 4.78 is 0. The number of pyridine rings is 1. The first-order chi connectivity index (χ1) is 14.3. The van der Waals surface area contributed by atoms with Gasteiger partial charge in [-0.15, -0.1) is 22.7 Å². The average molecular weight is 423 g/mol. The Bertz CT molecular complexity index is 1130. The molecule has 0 radical (unpaired) electrons. The van der Waals surface area contributed by atoms with E-state index in [1.54, 1.807) is 23.9 Å². The molecule has 1 saturated heterocycles. The van der Waals surface area contributed by atoms with Crippen LogP contribution in [0.25, 0.3) is 20.9 Å². The van der Waals surface area contributed by atoms with E-state index in [0.29, 0.717) is 19.5 Å². The molecule has 0 aromatic carbocycles. The van der Waals surface area contributed by atoms with Crippen molar-refractivity contribution < 1.29 is 4.79 Å². The maximum absolute atomic E-state index is 12.8. The lowest BCUT2D eigenvalue weighted by molar-refractivity contribution is -0.130. The SMILES string of the molecule is O=C(Cc1csc(-c2ccccn2)n1)N1CCN(c2ncnc3sccc23)CC1. The maximum atomic E-state index is 12.8. The number of amides is 1. The molecule has 0 saturated carbocycles. The molecule has 7 nitrogen and oxygen atoms in total. The van der Waals surface area contributed by atoms with E-state index < -0.39 is 0 Å². The van der Waals surface area contributed by atoms with Gasteiger partial charge >= 0.3 is 0 Å². The molecular formula is C20H18N6OS2. The molecule has 4 aromatic heterocycles. The quantitative estimate of drug-likeness (QED) is 0.503. The first-order valence-corrected chi connectivity index (χ1v) is 11.1. The molecule has 0 unspecified atom stereocenters. The minimum Gasteiger partial charge on any atom is -0.352 e. The number of aromatic nitrogens is 4. The third-order valence-electron chi connectivity index (χ3n) is 4.94. The Morgan fingerprint density at radius 1 is 1.03 bits per heavy atom. The van der Waals surface area contributed by atoms with Gasteiger partial charge in [0.1, 0.15) is 22.0 Å². The highest BCUT2D eigenvalue weighted by atomic mass is 32.1. The lowest BCUT2D eigenvalue weighted by Gasteiger charge is -2.35. The molecule has 0 N–H and O–H groups in total. The van der Waals surface area contributed by atoms with Gasteiger partial charge in [0, 0.05) is 37.8 Å². The van der Waals surface area contributed by atoms with Gasteiger partial charge in [0.15, 0.2) is 0 Å². The van der Waals surface area contributed by atoms with Crippen molar-refractivity contribution in [3.05, 3.63) is 53.2 Å². The van der Waals surface area contributed by atoms with Crippen LogP contribution >= 0.6 is 22.7 Å². The summed E-state index contributed by atoms with van der Waals surface area (Å²) in [4.78, 5) is 35.6. The zero-order chi connectivity index (χ0) is 19.6. The topological polar surface area (TPSA) is 75.1 Å². The van der Waals surface area contributed by atoms with Gasteiger partial charge in [-0.3, -0.25) is 9.78 Å². The molecule has 1 amide bonds. The predicted octanol–water partition coefficient (Wildman–Crippen LogP) is 3.10. The highest BCUT2D eigenvalue weighted by molar-refractivity contribution is 7.16. The molecule has 1 aliphatic rings. The molecule has 0 aliphatic carbocycles. The lowest BCUT2D eigenvalue weighted by atomic mass is 10.2. The summed E-state index contributed by atoms with van der Waals surface area (Å²) in [5.41, 5.74) is 1.65. The molecule has 29 heavy (non-hydrogen) atoms. The maximum Gasteiger partial charge on any atom is 0.228 e. The highest BCUT2D eigenvalue weighted by Crippen LogP contribution is 2.27. The molecule has 146 valence electrons. The third kappa shape index (κ3) is 3.70. The Hall–Kier alpha value is -2.91. The van der Waals surface area contributed by atoms with Gasteiger partial charge in [-0.05, 0) is 23.6 Å². The average Bonchev–Trinajstić information content (AvgIpc) is 3.44. The number of hydrogen-bond donors (Lipinski definition) is 0. The molecule has 9 heteroatoms. The van der Waals surface area contributed by atoms with Crippen LogP contribution in [0.4, 0.5) is 5.82 Å². The van der Waals surface area contributed by atoms with Crippen molar-refractivity contribution in [3.63, 3.8) is 0 Å². The zero-order valence-corrected chi connectivity index (χ0v) is 17.2. The lowest BCUT2D eigenvalue weighted by Crippen LogP contribution is -2.49. The number of thiazole rings is 1. The van der Waals surface area contributed by atoms with E-state index in [2.05, 4.69) is 30.9 Å². The minimum atomic E-state index is 0.117. The third-order valence-corrected chi connectivity index (χ3v) is 6.68. The smallest absolute Gasteiger partial charge is 0.228 e. The summed E-state index contributed by atoms with van der Waals surface area (Å²) in [6, 6.07) is 7.82. The van der Waals surface area contributed by atoms with Crippen molar-refractivity contribution in [2.75, 3.05) is 31.1 Å². The fourth-order valence-electron chi connectivity index (χ4n) is 3.46. The van der Waals surface area contributed by atoms with Crippen LogP contribution in [0.3, 0.4) is 0 Å². The summed E-state index contributed by atoms with van der Waals surface area (Å²) in [6.45, 7) is 2.91. The van der Waals surface area contributed by atoms with Crippen LogP contribution in [-0.4, -0.2) is 56.9 Å². The highest BCUT2D eigenvalue weighted by Gasteiger charge is 2.24. The number of piperazine rings is 1. The molecule has 5 heterocycles. The van der Waals surface area contributed by atoms with Crippen molar-refractivity contribution in [3.8, 4) is 10.7 Å². The fraction of sp³-hybridized carbons (Fsp3) is 0.250. The zero-order valence-electron chi connectivity index (χ0n) is 15.6. The van der Waals surface area contributed by atoms with Crippen LogP contribution in [0.5, 0.6) is 0 Å². The molecule has 0 bridgehead atoms. The van der Waals surface area contributed by atoms with Crippen molar-refractivity contribution >= 4 is 44.6 Å². The van der Waals surface area contributed by atoms with Gasteiger partial charge in [0.05, 0.1) is 23.2 Å². The van der Waals surface area contributed by atoms with Gasteiger partial charge in [0.2, 0.25) is 5.91 Å². The van der Waals surface area contributed by atoms with Gasteiger partial charge in [-0.1, -0.05) is 6.07 Å². The summed E-state index contributed by atoms with van der Waals surface area (Å²) in [6.07, 6.45) is 3.70. The van der Waals surface area contributed by atoms with Crippen LogP contribution in [0.15, 0.2) is 47.5 Å². The van der Waals surface area contributed by atoms with Gasteiger partial charge in [-0.25, -0.2) is 15.0 Å². The largest absolute Gasteiger partial charge is 0.352 e. The van der Waals surface area contributed by atoms with Gasteiger partial charge in [0.25, 0.3) is 0 Å². The molecule has 1 aliphatic heterocycles. The second-order valence-corrected chi connectivity index (χ2v) is 8.49. The summed E-state index contributed by atoms with van der Waals surface area (Å²) in [7, 11) is 0. The van der Waals surface area contributed by atoms with Crippen LogP contribution in [0.2, 0.25) is 0 Å². The number of nitrogens with zero attached hydrogens (tertiary/aromatic N) is 6. The molecular weight excluding hydrogens is 404 g/mol. The molecule has 4 aromatic rings. The normalized spacial score (nSPS) is 14.5. The van der Waals surface area contributed by atoms with Crippen LogP contribution < -0.4 is 4.90 Å². The number of fused-ring (bicyclic) bond motifs is 1. The van der Waals surface area contributed by atoms with E-state index in [1.807, 2.05) is 33.9 Å². The fourth-order valence-corrected chi connectivity index (χ4v) is 4.98. The second-order valence-electron chi connectivity index (χ2n) is 6.74. The standard InChI is InChI=1S/C20H18N6OS2/c27-17(11-14-12-29-20(24-14)16-3-1-2-5-21-16)25-6-8-26(9-7-25)18-15-4-10-28-19(15)23-13-22-18/h1-5,10,12-13H,6-9,11H2. The Balaban J connectivity index is 1.22. The van der Waals surface area contributed by atoms with Crippen molar-refractivity contribution in [2.24, 2.45) is 0 Å². The van der Waals surface area contributed by atoms with Crippen LogP contribution in [0, 0.1) is 0 Å². The minimum absolute atomic E-state index is 0.117. The first kappa shape index (κ1) is 18.1. The molecule has 5 rings (SSSR count). The predicted molar refractivity (Wildman–Crippen MR) is 115 cm³/mol. The van der Waals surface area contributed by atoms with E-state index in [-0.39, 0.29) is 5.91 Å². The van der Waals surface area contributed by atoms with Crippen molar-refractivity contribution in [2.45, 2.75) is 6.42 Å². The summed E-state index contributed by atoms with van der Waals surface area (Å²) in [5.74, 6) is 1.08. The second kappa shape index (κ2) is 7.84. The van der Waals surface area contributed by atoms with E-state index in [4.69, 9.17) is 0 Å². The van der Waals surface area contributed by atoms with Crippen molar-refractivity contribution in [1.82, 2.24) is 24.8 Å². The molecule has 1 fully saturated rings. The molecule has 0 atom stereocenters. The number of anilines is 1. The van der Waals surface area contributed by atoms with Crippen LogP contribution in [0.1, 0.15) is 5.69 Å². The number of thiophene rings is 1.